The lowest BCUT2D eigenvalue weighted by atomic mass is 9.77. The van der Waals surface area contributed by atoms with Crippen LogP contribution in [0.1, 0.15) is 12.5 Å². The molecule has 7 heteroatoms. The van der Waals surface area contributed by atoms with E-state index in [0.29, 0.717) is 0 Å². The fraction of sp³-hybridized carbons (Fsp3) is 0.312. The van der Waals surface area contributed by atoms with Gasteiger partial charge < -0.3 is 4.74 Å². The third-order valence-corrected chi connectivity index (χ3v) is 3.93. The summed E-state index contributed by atoms with van der Waals surface area (Å²) in [6, 6.07) is 11.6. The van der Waals surface area contributed by atoms with Crippen molar-refractivity contribution in [1.29, 1.82) is 15.8 Å². The second-order valence-corrected chi connectivity index (χ2v) is 5.06. The number of allylic oxidation sites excluding steroid dienone is 2. The molecule has 0 saturated carbocycles. The summed E-state index contributed by atoms with van der Waals surface area (Å²) in [6.07, 6.45) is -4.83. The van der Waals surface area contributed by atoms with Gasteiger partial charge in [0.1, 0.15) is 23.8 Å². The molecule has 0 N–H and O–H groups in total. The molecule has 0 spiro atoms. The standard InChI is InChI=1S/C16H10F3N3O/c1-10-13(9-22)14(11(7-20)8-21)23-15(10,16(17,18)19)12-5-3-2-4-6-12/h2-6,10,13H,1H3/t10-,13?,15?/m0/s1. The molecule has 2 unspecified atom stereocenters. The van der Waals surface area contributed by atoms with Crippen LogP contribution < -0.4 is 0 Å². The third kappa shape index (κ3) is 2.29. The number of rotatable bonds is 1. The predicted molar refractivity (Wildman–Crippen MR) is 71.8 cm³/mol. The highest BCUT2D eigenvalue weighted by Gasteiger charge is 2.68. The molecule has 0 amide bonds. The summed E-state index contributed by atoms with van der Waals surface area (Å²) in [5.74, 6) is -3.18. The number of nitriles is 3. The average Bonchev–Trinajstić information content (AvgIpc) is 2.83. The van der Waals surface area contributed by atoms with E-state index >= 15 is 0 Å². The first-order valence-electron chi connectivity index (χ1n) is 6.58. The Morgan fingerprint density at radius 1 is 1.13 bits per heavy atom. The van der Waals surface area contributed by atoms with Crippen molar-refractivity contribution in [1.82, 2.24) is 0 Å². The van der Waals surface area contributed by atoms with Crippen molar-refractivity contribution >= 4 is 0 Å². The molecule has 2 rings (SSSR count). The molecule has 1 aliphatic rings. The fourth-order valence-corrected chi connectivity index (χ4v) is 2.79. The zero-order valence-electron chi connectivity index (χ0n) is 11.9. The van der Waals surface area contributed by atoms with E-state index in [1.54, 1.807) is 12.1 Å². The summed E-state index contributed by atoms with van der Waals surface area (Å²) >= 11 is 0. The molecule has 0 aliphatic carbocycles. The van der Waals surface area contributed by atoms with E-state index in [-0.39, 0.29) is 5.56 Å². The molecule has 1 aromatic rings. The smallest absolute Gasteiger partial charge is 0.432 e. The monoisotopic (exact) mass is 317 g/mol. The van der Waals surface area contributed by atoms with Crippen LogP contribution in [0.3, 0.4) is 0 Å². The van der Waals surface area contributed by atoms with E-state index in [2.05, 4.69) is 0 Å². The number of ether oxygens (including phenoxy) is 1. The quantitative estimate of drug-likeness (QED) is 0.742. The average molecular weight is 317 g/mol. The Hall–Kier alpha value is -2.98. The van der Waals surface area contributed by atoms with Crippen molar-refractivity contribution in [2.24, 2.45) is 11.8 Å². The minimum Gasteiger partial charge on any atom is -0.473 e. The van der Waals surface area contributed by atoms with Crippen molar-refractivity contribution in [2.75, 3.05) is 0 Å². The molecule has 1 saturated heterocycles. The summed E-state index contributed by atoms with van der Waals surface area (Å²) < 4.78 is 46.8. The highest BCUT2D eigenvalue weighted by molar-refractivity contribution is 5.44. The second-order valence-electron chi connectivity index (χ2n) is 5.06. The maximum Gasteiger partial charge on any atom is 0.432 e. The van der Waals surface area contributed by atoms with Gasteiger partial charge in [-0.25, -0.2) is 0 Å². The predicted octanol–water partition coefficient (Wildman–Crippen LogP) is 3.55. The van der Waals surface area contributed by atoms with Gasteiger partial charge in [-0.3, -0.25) is 0 Å². The van der Waals surface area contributed by atoms with Crippen molar-refractivity contribution in [3.63, 3.8) is 0 Å². The highest BCUT2D eigenvalue weighted by Crippen LogP contribution is 2.57. The summed E-state index contributed by atoms with van der Waals surface area (Å²) in [4.78, 5) is 0. The zero-order valence-corrected chi connectivity index (χ0v) is 11.9. The van der Waals surface area contributed by atoms with Crippen molar-refractivity contribution in [3.05, 3.63) is 47.2 Å². The Kier molecular flexibility index (Phi) is 4.04. The molecule has 23 heavy (non-hydrogen) atoms. The van der Waals surface area contributed by atoms with Crippen LogP contribution in [0.15, 0.2) is 41.7 Å². The van der Waals surface area contributed by atoms with Crippen LogP contribution in [0.25, 0.3) is 0 Å². The lowest BCUT2D eigenvalue weighted by molar-refractivity contribution is -0.274. The van der Waals surface area contributed by atoms with Gasteiger partial charge in [0.15, 0.2) is 5.57 Å². The molecule has 0 radical (unpaired) electrons. The van der Waals surface area contributed by atoms with Crippen LogP contribution >= 0.6 is 0 Å². The first-order valence-corrected chi connectivity index (χ1v) is 6.58. The number of hydrogen-bond acceptors (Lipinski definition) is 4. The van der Waals surface area contributed by atoms with Gasteiger partial charge in [-0.1, -0.05) is 37.3 Å². The van der Waals surface area contributed by atoms with Crippen LogP contribution in [-0.4, -0.2) is 6.18 Å². The van der Waals surface area contributed by atoms with E-state index in [1.165, 1.54) is 43.3 Å². The SMILES string of the molecule is C[C@H]1C(C#N)C(=C(C#N)C#N)OC1(c1ccccc1)C(F)(F)F. The lowest BCUT2D eigenvalue weighted by Crippen LogP contribution is -2.46. The van der Waals surface area contributed by atoms with Gasteiger partial charge in [0.05, 0.1) is 6.07 Å². The van der Waals surface area contributed by atoms with E-state index in [0.717, 1.165) is 0 Å². The Balaban J connectivity index is 2.78. The van der Waals surface area contributed by atoms with E-state index in [1.807, 2.05) is 0 Å². The fourth-order valence-electron chi connectivity index (χ4n) is 2.79. The molecule has 0 aromatic heterocycles. The van der Waals surface area contributed by atoms with E-state index in [9.17, 15) is 18.4 Å². The molecule has 1 fully saturated rings. The molecular weight excluding hydrogens is 307 g/mol. The number of benzene rings is 1. The van der Waals surface area contributed by atoms with Crippen LogP contribution in [0.4, 0.5) is 13.2 Å². The van der Waals surface area contributed by atoms with Gasteiger partial charge in [0, 0.05) is 11.5 Å². The Bertz CT molecular complexity index is 749. The largest absolute Gasteiger partial charge is 0.473 e. The van der Waals surface area contributed by atoms with Crippen molar-refractivity contribution in [3.8, 4) is 18.2 Å². The van der Waals surface area contributed by atoms with E-state index < -0.39 is 34.9 Å². The number of alkyl halides is 3. The molecule has 3 atom stereocenters. The Morgan fingerprint density at radius 3 is 2.13 bits per heavy atom. The maximum atomic E-state index is 13.9. The van der Waals surface area contributed by atoms with Gasteiger partial charge in [0.2, 0.25) is 5.60 Å². The first-order chi connectivity index (χ1) is 10.8. The van der Waals surface area contributed by atoms with Crippen LogP contribution in [0.5, 0.6) is 0 Å². The number of hydrogen-bond donors (Lipinski definition) is 0. The summed E-state index contributed by atoms with van der Waals surface area (Å²) in [5.41, 5.74) is -3.57. The molecule has 1 aliphatic heterocycles. The summed E-state index contributed by atoms with van der Waals surface area (Å²) in [5, 5.41) is 27.1. The maximum absolute atomic E-state index is 13.9. The normalized spacial score (nSPS) is 26.6. The van der Waals surface area contributed by atoms with Crippen LogP contribution in [-0.2, 0) is 10.3 Å². The van der Waals surface area contributed by atoms with Gasteiger partial charge in [-0.2, -0.15) is 29.0 Å². The third-order valence-electron chi connectivity index (χ3n) is 3.93. The van der Waals surface area contributed by atoms with E-state index in [4.69, 9.17) is 15.3 Å². The van der Waals surface area contributed by atoms with Crippen LogP contribution in [0.2, 0.25) is 0 Å². The second kappa shape index (κ2) is 5.66. The van der Waals surface area contributed by atoms with Gasteiger partial charge >= 0.3 is 6.18 Å². The first kappa shape index (κ1) is 16.4. The molecule has 0 bridgehead atoms. The number of halogens is 3. The summed E-state index contributed by atoms with van der Waals surface area (Å²) in [7, 11) is 0. The lowest BCUT2D eigenvalue weighted by Gasteiger charge is -2.35. The molecule has 1 heterocycles. The minimum atomic E-state index is -4.83. The molecule has 1 aromatic carbocycles. The van der Waals surface area contributed by atoms with Crippen molar-refractivity contribution < 1.29 is 17.9 Å². The van der Waals surface area contributed by atoms with Gasteiger partial charge in [-0.15, -0.1) is 0 Å². The van der Waals surface area contributed by atoms with Gasteiger partial charge in [-0.05, 0) is 0 Å². The Morgan fingerprint density at radius 2 is 1.70 bits per heavy atom. The highest BCUT2D eigenvalue weighted by atomic mass is 19.4. The van der Waals surface area contributed by atoms with Crippen LogP contribution in [0, 0.1) is 45.8 Å². The molecular formula is C16H10F3N3O. The van der Waals surface area contributed by atoms with Crippen molar-refractivity contribution in [2.45, 2.75) is 18.7 Å². The topological polar surface area (TPSA) is 80.6 Å². The number of nitrogens with zero attached hydrogens (tertiary/aromatic N) is 3. The van der Waals surface area contributed by atoms with Gasteiger partial charge in [0.25, 0.3) is 0 Å². The molecule has 4 nitrogen and oxygen atoms in total. The summed E-state index contributed by atoms with van der Waals surface area (Å²) in [6.45, 7) is 1.23. The zero-order chi connectivity index (χ0) is 17.3. The minimum absolute atomic E-state index is 0.175. The molecule has 116 valence electrons. The Labute approximate surface area is 130 Å².